The van der Waals surface area contributed by atoms with E-state index in [0.29, 0.717) is 22.1 Å². The van der Waals surface area contributed by atoms with Crippen LogP contribution >= 0.6 is 23.2 Å². The second kappa shape index (κ2) is 5.34. The summed E-state index contributed by atoms with van der Waals surface area (Å²) in [6, 6.07) is 0. The molecule has 0 aliphatic heterocycles. The standard InChI is InChI=1S/C14H18Cl2N2/c15-13-11(9-5-1-2-6-9)12(14(16)18-17-13)10-7-3-4-8-10/h9-10H,1-8H2. The highest BCUT2D eigenvalue weighted by molar-refractivity contribution is 6.32. The van der Waals surface area contributed by atoms with E-state index >= 15 is 0 Å². The van der Waals surface area contributed by atoms with E-state index in [1.807, 2.05) is 0 Å². The summed E-state index contributed by atoms with van der Waals surface area (Å²) in [6.45, 7) is 0. The van der Waals surface area contributed by atoms with E-state index in [9.17, 15) is 0 Å². The maximum atomic E-state index is 6.33. The Morgan fingerprint density at radius 3 is 1.33 bits per heavy atom. The third-order valence-electron chi connectivity index (χ3n) is 4.49. The minimum Gasteiger partial charge on any atom is -0.137 e. The van der Waals surface area contributed by atoms with Crippen molar-refractivity contribution in [2.75, 3.05) is 0 Å². The van der Waals surface area contributed by atoms with Crippen LogP contribution in [-0.2, 0) is 0 Å². The van der Waals surface area contributed by atoms with E-state index in [4.69, 9.17) is 23.2 Å². The van der Waals surface area contributed by atoms with Crippen LogP contribution in [0.4, 0.5) is 0 Å². The molecule has 0 N–H and O–H groups in total. The summed E-state index contributed by atoms with van der Waals surface area (Å²) in [6.07, 6.45) is 10.1. The summed E-state index contributed by atoms with van der Waals surface area (Å²) >= 11 is 12.7. The minimum atomic E-state index is 0.557. The maximum Gasteiger partial charge on any atom is 0.155 e. The van der Waals surface area contributed by atoms with Gasteiger partial charge in [0.2, 0.25) is 0 Å². The number of aromatic nitrogens is 2. The average molecular weight is 285 g/mol. The number of hydrogen-bond acceptors (Lipinski definition) is 2. The number of rotatable bonds is 2. The van der Waals surface area contributed by atoms with Gasteiger partial charge in [-0.15, -0.1) is 10.2 Å². The van der Waals surface area contributed by atoms with E-state index in [1.54, 1.807) is 0 Å². The van der Waals surface area contributed by atoms with E-state index in [-0.39, 0.29) is 0 Å². The number of nitrogens with zero attached hydrogens (tertiary/aromatic N) is 2. The summed E-state index contributed by atoms with van der Waals surface area (Å²) in [5.41, 5.74) is 2.45. The van der Waals surface area contributed by atoms with Crippen molar-refractivity contribution in [3.05, 3.63) is 21.4 Å². The molecule has 1 heterocycles. The van der Waals surface area contributed by atoms with Crippen LogP contribution in [0.2, 0.25) is 10.3 Å². The molecule has 2 aliphatic rings. The van der Waals surface area contributed by atoms with Crippen molar-refractivity contribution in [1.29, 1.82) is 0 Å². The predicted molar refractivity (Wildman–Crippen MR) is 74.5 cm³/mol. The zero-order valence-electron chi connectivity index (χ0n) is 10.5. The molecular weight excluding hydrogens is 267 g/mol. The lowest BCUT2D eigenvalue weighted by Crippen LogP contribution is -2.08. The van der Waals surface area contributed by atoms with E-state index < -0.39 is 0 Å². The Morgan fingerprint density at radius 1 is 0.667 bits per heavy atom. The van der Waals surface area contributed by atoms with Crippen molar-refractivity contribution in [1.82, 2.24) is 10.2 Å². The van der Waals surface area contributed by atoms with Gasteiger partial charge in [0.25, 0.3) is 0 Å². The molecule has 0 bridgehead atoms. The molecule has 1 aromatic rings. The Balaban J connectivity index is 2.05. The Hall–Kier alpha value is -0.340. The van der Waals surface area contributed by atoms with Gasteiger partial charge in [0, 0.05) is 11.1 Å². The van der Waals surface area contributed by atoms with Crippen LogP contribution < -0.4 is 0 Å². The quantitative estimate of drug-likeness (QED) is 0.755. The van der Waals surface area contributed by atoms with Gasteiger partial charge in [-0.05, 0) is 37.5 Å². The highest BCUT2D eigenvalue weighted by Crippen LogP contribution is 2.46. The molecule has 0 atom stereocenters. The van der Waals surface area contributed by atoms with Gasteiger partial charge in [0.15, 0.2) is 10.3 Å². The fourth-order valence-electron chi connectivity index (χ4n) is 3.62. The molecule has 0 unspecified atom stereocenters. The molecule has 0 amide bonds. The predicted octanol–water partition coefficient (Wildman–Crippen LogP) is 5.10. The smallest absolute Gasteiger partial charge is 0.137 e. The van der Waals surface area contributed by atoms with Crippen LogP contribution in [-0.4, -0.2) is 10.2 Å². The molecule has 0 saturated heterocycles. The van der Waals surface area contributed by atoms with Crippen LogP contribution in [0.3, 0.4) is 0 Å². The topological polar surface area (TPSA) is 25.8 Å². The summed E-state index contributed by atoms with van der Waals surface area (Å²) in [5.74, 6) is 1.11. The molecular formula is C14H18Cl2N2. The first-order valence-electron chi connectivity index (χ1n) is 6.99. The normalized spacial score (nSPS) is 21.9. The van der Waals surface area contributed by atoms with E-state index in [1.165, 1.54) is 62.5 Å². The van der Waals surface area contributed by atoms with Crippen molar-refractivity contribution in [2.24, 2.45) is 0 Å². The van der Waals surface area contributed by atoms with Crippen LogP contribution in [0.5, 0.6) is 0 Å². The lowest BCUT2D eigenvalue weighted by atomic mass is 9.88. The van der Waals surface area contributed by atoms with Gasteiger partial charge < -0.3 is 0 Å². The van der Waals surface area contributed by atoms with Crippen molar-refractivity contribution in [2.45, 2.75) is 63.2 Å². The largest absolute Gasteiger partial charge is 0.155 e. The second-order valence-corrected chi connectivity index (χ2v) is 6.29. The minimum absolute atomic E-state index is 0.557. The molecule has 2 fully saturated rings. The lowest BCUT2D eigenvalue weighted by Gasteiger charge is -2.21. The summed E-state index contributed by atoms with van der Waals surface area (Å²) in [4.78, 5) is 0. The summed E-state index contributed by atoms with van der Waals surface area (Å²) in [7, 11) is 0. The average Bonchev–Trinajstić information content (AvgIpc) is 3.02. The SMILES string of the molecule is Clc1nnc(Cl)c(C2CCCC2)c1C1CCCC1. The second-order valence-electron chi connectivity index (χ2n) is 5.57. The molecule has 2 saturated carbocycles. The molecule has 18 heavy (non-hydrogen) atoms. The Bertz CT molecular complexity index is 395. The first kappa shape index (κ1) is 12.7. The van der Waals surface area contributed by atoms with Crippen molar-refractivity contribution in [3.63, 3.8) is 0 Å². The molecule has 0 radical (unpaired) electrons. The molecule has 0 aromatic carbocycles. The van der Waals surface area contributed by atoms with Gasteiger partial charge in [-0.3, -0.25) is 0 Å². The van der Waals surface area contributed by atoms with E-state index in [0.717, 1.165) is 0 Å². The van der Waals surface area contributed by atoms with Gasteiger partial charge in [0.1, 0.15) is 0 Å². The van der Waals surface area contributed by atoms with Crippen LogP contribution in [0, 0.1) is 0 Å². The molecule has 2 aliphatic carbocycles. The third-order valence-corrected chi connectivity index (χ3v) is 5.05. The van der Waals surface area contributed by atoms with E-state index in [2.05, 4.69) is 10.2 Å². The summed E-state index contributed by atoms with van der Waals surface area (Å²) in [5, 5.41) is 9.26. The molecule has 1 aromatic heterocycles. The zero-order valence-corrected chi connectivity index (χ0v) is 12.0. The molecule has 0 spiro atoms. The number of halogens is 2. The van der Waals surface area contributed by atoms with Gasteiger partial charge in [-0.1, -0.05) is 48.9 Å². The van der Waals surface area contributed by atoms with Gasteiger partial charge >= 0.3 is 0 Å². The van der Waals surface area contributed by atoms with Crippen molar-refractivity contribution < 1.29 is 0 Å². The first-order valence-corrected chi connectivity index (χ1v) is 7.74. The van der Waals surface area contributed by atoms with Crippen molar-refractivity contribution in [3.8, 4) is 0 Å². The molecule has 4 heteroatoms. The number of hydrogen-bond donors (Lipinski definition) is 0. The zero-order chi connectivity index (χ0) is 12.5. The summed E-state index contributed by atoms with van der Waals surface area (Å²) < 4.78 is 0. The highest BCUT2D eigenvalue weighted by Gasteiger charge is 2.30. The molecule has 3 rings (SSSR count). The Kier molecular flexibility index (Phi) is 3.76. The highest BCUT2D eigenvalue weighted by atomic mass is 35.5. The Morgan fingerprint density at radius 2 is 1.00 bits per heavy atom. The van der Waals surface area contributed by atoms with Crippen molar-refractivity contribution >= 4 is 23.2 Å². The van der Waals surface area contributed by atoms with Crippen LogP contribution in [0.15, 0.2) is 0 Å². The maximum absolute atomic E-state index is 6.33. The van der Waals surface area contributed by atoms with Gasteiger partial charge in [0.05, 0.1) is 0 Å². The molecule has 98 valence electrons. The Labute approximate surface area is 118 Å². The monoisotopic (exact) mass is 284 g/mol. The lowest BCUT2D eigenvalue weighted by molar-refractivity contribution is 0.653. The first-order chi connectivity index (χ1) is 8.77. The third kappa shape index (κ3) is 2.25. The van der Waals surface area contributed by atoms with Crippen LogP contribution in [0.25, 0.3) is 0 Å². The van der Waals surface area contributed by atoms with Gasteiger partial charge in [-0.2, -0.15) is 0 Å². The fraction of sp³-hybridized carbons (Fsp3) is 0.714. The molecule has 2 nitrogen and oxygen atoms in total. The fourth-order valence-corrected chi connectivity index (χ4v) is 4.21. The van der Waals surface area contributed by atoms with Gasteiger partial charge in [-0.25, -0.2) is 0 Å². The van der Waals surface area contributed by atoms with Crippen LogP contribution in [0.1, 0.15) is 74.3 Å².